The van der Waals surface area contributed by atoms with Gasteiger partial charge in [0, 0.05) is 0 Å². The summed E-state index contributed by atoms with van der Waals surface area (Å²) in [5, 5.41) is 5.23. The monoisotopic (exact) mass is 362 g/mol. The van der Waals surface area contributed by atoms with E-state index in [0.717, 1.165) is 6.42 Å². The second-order valence-corrected chi connectivity index (χ2v) is 7.28. The van der Waals surface area contributed by atoms with E-state index in [0.29, 0.717) is 0 Å². The highest BCUT2D eigenvalue weighted by atomic mass is 14.2. The highest BCUT2D eigenvalue weighted by molar-refractivity contribution is 6.11. The van der Waals surface area contributed by atoms with Gasteiger partial charge in [-0.25, -0.2) is 0 Å². The number of hydrogen-bond donors (Lipinski definition) is 0. The maximum Gasteiger partial charge on any atom is -0.00989 e. The van der Waals surface area contributed by atoms with Gasteiger partial charge in [0.2, 0.25) is 0 Å². The van der Waals surface area contributed by atoms with Crippen LogP contribution >= 0.6 is 0 Å². The Kier molecular flexibility index (Phi) is 5.12. The first-order valence-electron chi connectivity index (χ1n) is 10.1. The van der Waals surface area contributed by atoms with Gasteiger partial charge in [0.25, 0.3) is 0 Å². The van der Waals surface area contributed by atoms with Crippen LogP contribution in [0.2, 0.25) is 0 Å². The van der Waals surface area contributed by atoms with Crippen molar-refractivity contribution >= 4 is 33.2 Å². The third-order valence-electron chi connectivity index (χ3n) is 5.59. The third kappa shape index (κ3) is 3.16. The Morgan fingerprint density at radius 2 is 1.46 bits per heavy atom. The summed E-state index contributed by atoms with van der Waals surface area (Å²) in [6, 6.07) is 28.6. The minimum absolute atomic E-state index is 1.04. The molecule has 0 fully saturated rings. The van der Waals surface area contributed by atoms with Crippen molar-refractivity contribution in [2.75, 3.05) is 0 Å². The SMILES string of the molecule is C/C=C\c1c(/C(=C(/C)CC)c2ccccc2)ccc2c1ccc1ccccc12. The maximum atomic E-state index is 2.31. The van der Waals surface area contributed by atoms with Gasteiger partial charge in [-0.2, -0.15) is 0 Å². The van der Waals surface area contributed by atoms with E-state index in [-0.39, 0.29) is 0 Å². The van der Waals surface area contributed by atoms with Gasteiger partial charge in [0.1, 0.15) is 0 Å². The van der Waals surface area contributed by atoms with E-state index >= 15 is 0 Å². The molecule has 0 bridgehead atoms. The van der Waals surface area contributed by atoms with Crippen molar-refractivity contribution in [3.05, 3.63) is 107 Å². The van der Waals surface area contributed by atoms with Crippen LogP contribution in [0.15, 0.2) is 90.5 Å². The second-order valence-electron chi connectivity index (χ2n) is 7.28. The lowest BCUT2D eigenvalue weighted by Crippen LogP contribution is -1.96. The number of fused-ring (bicyclic) bond motifs is 3. The molecule has 0 unspecified atom stereocenters. The van der Waals surface area contributed by atoms with Crippen LogP contribution in [0.1, 0.15) is 43.9 Å². The van der Waals surface area contributed by atoms with E-state index in [1.165, 1.54) is 49.4 Å². The molecule has 0 saturated heterocycles. The van der Waals surface area contributed by atoms with Crippen LogP contribution in [-0.4, -0.2) is 0 Å². The van der Waals surface area contributed by atoms with Gasteiger partial charge in [-0.05, 0) is 64.1 Å². The second kappa shape index (κ2) is 7.86. The lowest BCUT2D eigenvalue weighted by atomic mass is 9.86. The molecule has 0 aliphatic carbocycles. The van der Waals surface area contributed by atoms with E-state index in [2.05, 4.69) is 112 Å². The molecule has 4 rings (SSSR count). The molecule has 0 amide bonds. The first kappa shape index (κ1) is 18.3. The summed E-state index contributed by atoms with van der Waals surface area (Å²) in [4.78, 5) is 0. The fourth-order valence-electron chi connectivity index (χ4n) is 4.09. The van der Waals surface area contributed by atoms with Gasteiger partial charge in [-0.1, -0.05) is 104 Å². The van der Waals surface area contributed by atoms with Gasteiger partial charge in [-0.3, -0.25) is 0 Å². The van der Waals surface area contributed by atoms with Gasteiger partial charge in [0.15, 0.2) is 0 Å². The highest BCUT2D eigenvalue weighted by Gasteiger charge is 2.14. The van der Waals surface area contributed by atoms with E-state index < -0.39 is 0 Å². The average molecular weight is 363 g/mol. The van der Waals surface area contributed by atoms with Crippen LogP contribution in [0.5, 0.6) is 0 Å². The van der Waals surface area contributed by atoms with E-state index in [1.54, 1.807) is 0 Å². The number of allylic oxidation sites excluding steroid dienone is 2. The molecule has 4 aromatic carbocycles. The van der Waals surface area contributed by atoms with Crippen LogP contribution in [0.25, 0.3) is 33.2 Å². The molecule has 28 heavy (non-hydrogen) atoms. The summed E-state index contributed by atoms with van der Waals surface area (Å²) < 4.78 is 0. The predicted octanol–water partition coefficient (Wildman–Crippen LogP) is 8.26. The van der Waals surface area contributed by atoms with Crippen LogP contribution < -0.4 is 0 Å². The molecule has 0 heterocycles. The number of benzene rings is 4. The van der Waals surface area contributed by atoms with Gasteiger partial charge in [0.05, 0.1) is 0 Å². The summed E-state index contributed by atoms with van der Waals surface area (Å²) in [7, 11) is 0. The van der Waals surface area contributed by atoms with E-state index in [9.17, 15) is 0 Å². The summed E-state index contributed by atoms with van der Waals surface area (Å²) >= 11 is 0. The van der Waals surface area contributed by atoms with Crippen LogP contribution in [0.3, 0.4) is 0 Å². The molecule has 0 aliphatic rings. The van der Waals surface area contributed by atoms with Crippen LogP contribution in [0.4, 0.5) is 0 Å². The molecule has 4 aromatic rings. The first-order valence-corrected chi connectivity index (χ1v) is 10.1. The minimum atomic E-state index is 1.04. The molecule has 0 atom stereocenters. The Bertz CT molecular complexity index is 1190. The Hall–Kier alpha value is -3.12. The van der Waals surface area contributed by atoms with Gasteiger partial charge in [-0.15, -0.1) is 0 Å². The zero-order valence-corrected chi connectivity index (χ0v) is 16.9. The lowest BCUT2D eigenvalue weighted by Gasteiger charge is -2.18. The number of hydrogen-bond acceptors (Lipinski definition) is 0. The van der Waals surface area contributed by atoms with Crippen molar-refractivity contribution < 1.29 is 0 Å². The molecule has 0 aromatic heterocycles. The molecular formula is C28H26. The van der Waals surface area contributed by atoms with Crippen molar-refractivity contribution in [3.8, 4) is 0 Å². The van der Waals surface area contributed by atoms with Crippen LogP contribution in [-0.2, 0) is 0 Å². The Labute approximate surface area is 167 Å². The molecule has 0 heteroatoms. The molecule has 0 spiro atoms. The van der Waals surface area contributed by atoms with Gasteiger partial charge >= 0.3 is 0 Å². The zero-order chi connectivity index (χ0) is 19.5. The molecule has 0 N–H and O–H groups in total. The lowest BCUT2D eigenvalue weighted by molar-refractivity contribution is 1.10. The predicted molar refractivity (Wildman–Crippen MR) is 125 cm³/mol. The molecular weight excluding hydrogens is 336 g/mol. The van der Waals surface area contributed by atoms with Crippen molar-refractivity contribution in [1.82, 2.24) is 0 Å². The highest BCUT2D eigenvalue weighted by Crippen LogP contribution is 2.37. The van der Waals surface area contributed by atoms with Gasteiger partial charge < -0.3 is 0 Å². The van der Waals surface area contributed by atoms with Crippen molar-refractivity contribution in [2.24, 2.45) is 0 Å². The molecule has 0 nitrogen and oxygen atoms in total. The Morgan fingerprint density at radius 3 is 2.21 bits per heavy atom. The Balaban J connectivity index is 2.09. The normalized spacial score (nSPS) is 12.7. The number of rotatable bonds is 4. The van der Waals surface area contributed by atoms with Crippen molar-refractivity contribution in [2.45, 2.75) is 27.2 Å². The molecule has 0 saturated carbocycles. The van der Waals surface area contributed by atoms with E-state index in [1.807, 2.05) is 0 Å². The quantitative estimate of drug-likeness (QED) is 0.320. The topological polar surface area (TPSA) is 0 Å². The summed E-state index contributed by atoms with van der Waals surface area (Å²) in [5.41, 5.74) is 6.67. The standard InChI is InChI=1S/C28H26/c1-4-11-24-26-17-16-21-12-9-10-15-23(21)25(26)18-19-27(24)28(20(3)5-2)22-13-7-6-8-14-22/h4,6-19H,5H2,1-3H3/b11-4-,28-20-. The Morgan fingerprint density at radius 1 is 0.750 bits per heavy atom. The van der Waals surface area contributed by atoms with Crippen LogP contribution in [0, 0.1) is 0 Å². The first-order chi connectivity index (χ1) is 13.7. The smallest absolute Gasteiger partial charge is 0.00989 e. The minimum Gasteiger partial charge on any atom is -0.0870 e. The van der Waals surface area contributed by atoms with Crippen molar-refractivity contribution in [1.29, 1.82) is 0 Å². The summed E-state index contributed by atoms with van der Waals surface area (Å²) in [6.45, 7) is 6.59. The fourth-order valence-corrected chi connectivity index (χ4v) is 4.09. The average Bonchev–Trinajstić information content (AvgIpc) is 2.75. The molecule has 0 aliphatic heterocycles. The fraction of sp³-hybridized carbons (Fsp3) is 0.143. The summed E-state index contributed by atoms with van der Waals surface area (Å²) in [5.74, 6) is 0. The summed E-state index contributed by atoms with van der Waals surface area (Å²) in [6.07, 6.45) is 5.45. The van der Waals surface area contributed by atoms with Crippen molar-refractivity contribution in [3.63, 3.8) is 0 Å². The molecule has 0 radical (unpaired) electrons. The largest absolute Gasteiger partial charge is 0.0870 e. The van der Waals surface area contributed by atoms with E-state index in [4.69, 9.17) is 0 Å². The maximum absolute atomic E-state index is 2.31. The molecule has 138 valence electrons. The zero-order valence-electron chi connectivity index (χ0n) is 16.9. The third-order valence-corrected chi connectivity index (χ3v) is 5.59.